The maximum atomic E-state index is 11.8. The number of carbonyl (C=O) groups is 4. The largest absolute Gasteiger partial charge is 0.481 e. The number of carbonyl (C=O) groups excluding carboxylic acids is 2. The van der Waals surface area contributed by atoms with Gasteiger partial charge in [0.25, 0.3) is 0 Å². The molecule has 4 N–H and O–H groups in total. The third-order valence-corrected chi connectivity index (χ3v) is 4.28. The zero-order chi connectivity index (χ0) is 21.4. The lowest BCUT2D eigenvalue weighted by atomic mass is 10.1. The van der Waals surface area contributed by atoms with E-state index >= 15 is 0 Å². The third kappa shape index (κ3) is 14.8. The summed E-state index contributed by atoms with van der Waals surface area (Å²) in [6.45, 7) is 5.94. The first kappa shape index (κ1) is 25.6. The molecule has 8 heteroatoms. The van der Waals surface area contributed by atoms with Crippen molar-refractivity contribution < 1.29 is 29.4 Å². The fourth-order valence-corrected chi connectivity index (χ4v) is 2.62. The van der Waals surface area contributed by atoms with E-state index in [-0.39, 0.29) is 31.1 Å². The summed E-state index contributed by atoms with van der Waals surface area (Å²) in [5, 5.41) is 22.8. The van der Waals surface area contributed by atoms with E-state index in [1.807, 2.05) is 0 Å². The molecule has 0 bridgehead atoms. The molecule has 0 aliphatic rings. The minimum atomic E-state index is -1.21. The molecule has 1 atom stereocenters. The predicted octanol–water partition coefficient (Wildman–Crippen LogP) is 2.62. The molecular weight excluding hydrogens is 364 g/mol. The number of carboxylic acids is 2. The van der Waals surface area contributed by atoms with E-state index in [4.69, 9.17) is 10.2 Å². The summed E-state index contributed by atoms with van der Waals surface area (Å²) in [5.74, 6) is -2.75. The molecule has 0 aromatic rings. The minimum absolute atomic E-state index is 0.0967. The number of nitrogens with one attached hydrogen (secondary N) is 2. The van der Waals surface area contributed by atoms with Gasteiger partial charge < -0.3 is 20.8 Å². The van der Waals surface area contributed by atoms with Crippen molar-refractivity contribution in [1.82, 2.24) is 10.6 Å². The van der Waals surface area contributed by atoms with Crippen LogP contribution in [-0.4, -0.2) is 46.6 Å². The molecule has 0 rings (SSSR count). The zero-order valence-electron chi connectivity index (χ0n) is 16.8. The predicted molar refractivity (Wildman–Crippen MR) is 106 cm³/mol. The lowest BCUT2D eigenvalue weighted by Gasteiger charge is -2.13. The molecule has 0 radical (unpaired) electrons. The molecule has 0 aromatic carbocycles. The van der Waals surface area contributed by atoms with E-state index in [0.717, 1.165) is 44.9 Å². The van der Waals surface area contributed by atoms with Crippen LogP contribution in [0.15, 0.2) is 12.2 Å². The molecule has 0 aromatic heterocycles. The second-order valence-electron chi connectivity index (χ2n) is 7.01. The average molecular weight is 399 g/mol. The summed E-state index contributed by atoms with van der Waals surface area (Å²) in [6.07, 6.45) is 7.74. The fraction of sp³-hybridized carbons (Fsp3) is 0.700. The number of hydrogen-bond acceptors (Lipinski definition) is 4. The Morgan fingerprint density at radius 3 is 1.89 bits per heavy atom. The SMILES string of the molecule is C=C(C)C(=O)NCCCCCCCCCCC(=O)N[C@@H](CCC(=O)O)C(=O)O. The second kappa shape index (κ2) is 15.7. The summed E-state index contributed by atoms with van der Waals surface area (Å²) < 4.78 is 0. The first-order valence-corrected chi connectivity index (χ1v) is 9.91. The van der Waals surface area contributed by atoms with Gasteiger partial charge in [0, 0.05) is 25.0 Å². The highest BCUT2D eigenvalue weighted by molar-refractivity contribution is 5.92. The topological polar surface area (TPSA) is 133 Å². The Morgan fingerprint density at radius 1 is 0.857 bits per heavy atom. The summed E-state index contributed by atoms with van der Waals surface area (Å²) in [6, 6.07) is -1.15. The van der Waals surface area contributed by atoms with Crippen LogP contribution < -0.4 is 10.6 Å². The van der Waals surface area contributed by atoms with Crippen LogP contribution in [0.25, 0.3) is 0 Å². The van der Waals surface area contributed by atoms with Gasteiger partial charge in [0.2, 0.25) is 11.8 Å². The number of hydrogen-bond donors (Lipinski definition) is 4. The van der Waals surface area contributed by atoms with Gasteiger partial charge in [-0.15, -0.1) is 0 Å². The quantitative estimate of drug-likeness (QED) is 0.220. The van der Waals surface area contributed by atoms with Gasteiger partial charge in [-0.25, -0.2) is 4.79 Å². The van der Waals surface area contributed by atoms with Crippen LogP contribution in [0, 0.1) is 0 Å². The van der Waals surface area contributed by atoms with Crippen molar-refractivity contribution in [2.45, 2.75) is 83.6 Å². The molecular formula is C20H34N2O6. The monoisotopic (exact) mass is 398 g/mol. The van der Waals surface area contributed by atoms with Gasteiger partial charge in [0.05, 0.1) is 0 Å². The van der Waals surface area contributed by atoms with Crippen LogP contribution in [0.4, 0.5) is 0 Å². The zero-order valence-corrected chi connectivity index (χ0v) is 16.8. The minimum Gasteiger partial charge on any atom is -0.481 e. The number of amides is 2. The molecule has 0 aliphatic carbocycles. The standard InChI is InChI=1S/C20H34N2O6/c1-15(2)19(26)21-14-10-8-6-4-3-5-7-9-11-17(23)22-16(20(27)28)12-13-18(24)25/h16H,1,3-14H2,2H3,(H,21,26)(H,22,23)(H,24,25)(H,27,28)/t16-/m0/s1. The average Bonchev–Trinajstić information content (AvgIpc) is 2.62. The molecule has 2 amide bonds. The molecule has 0 aliphatic heterocycles. The third-order valence-electron chi connectivity index (χ3n) is 4.28. The molecule has 160 valence electrons. The van der Waals surface area contributed by atoms with Gasteiger partial charge in [0.15, 0.2) is 0 Å². The van der Waals surface area contributed by atoms with Gasteiger partial charge >= 0.3 is 11.9 Å². The molecule has 0 spiro atoms. The van der Waals surface area contributed by atoms with Crippen LogP contribution in [0.3, 0.4) is 0 Å². The van der Waals surface area contributed by atoms with E-state index in [9.17, 15) is 19.2 Å². The molecule has 8 nitrogen and oxygen atoms in total. The van der Waals surface area contributed by atoms with Crippen molar-refractivity contribution in [1.29, 1.82) is 0 Å². The highest BCUT2D eigenvalue weighted by Crippen LogP contribution is 2.10. The van der Waals surface area contributed by atoms with E-state index in [1.165, 1.54) is 0 Å². The Hall–Kier alpha value is -2.38. The highest BCUT2D eigenvalue weighted by atomic mass is 16.4. The van der Waals surface area contributed by atoms with Crippen molar-refractivity contribution >= 4 is 23.8 Å². The Kier molecular flexibility index (Phi) is 14.3. The smallest absolute Gasteiger partial charge is 0.326 e. The lowest BCUT2D eigenvalue weighted by Crippen LogP contribution is -2.41. The molecule has 0 unspecified atom stereocenters. The highest BCUT2D eigenvalue weighted by Gasteiger charge is 2.20. The van der Waals surface area contributed by atoms with Crippen LogP contribution >= 0.6 is 0 Å². The summed E-state index contributed by atoms with van der Waals surface area (Å²) in [4.78, 5) is 44.6. The molecule has 0 heterocycles. The van der Waals surface area contributed by atoms with E-state index < -0.39 is 18.0 Å². The molecule has 0 saturated heterocycles. The Morgan fingerprint density at radius 2 is 1.39 bits per heavy atom. The lowest BCUT2D eigenvalue weighted by molar-refractivity contribution is -0.143. The van der Waals surface area contributed by atoms with Crippen LogP contribution in [-0.2, 0) is 19.2 Å². The molecule has 0 fully saturated rings. The van der Waals surface area contributed by atoms with Gasteiger partial charge in [-0.3, -0.25) is 14.4 Å². The van der Waals surface area contributed by atoms with Crippen molar-refractivity contribution in [2.24, 2.45) is 0 Å². The van der Waals surface area contributed by atoms with Crippen molar-refractivity contribution in [3.05, 3.63) is 12.2 Å². The fourth-order valence-electron chi connectivity index (χ4n) is 2.62. The summed E-state index contributed by atoms with van der Waals surface area (Å²) in [7, 11) is 0. The maximum absolute atomic E-state index is 11.8. The Balaban J connectivity index is 3.60. The van der Waals surface area contributed by atoms with E-state index in [1.54, 1.807) is 6.92 Å². The van der Waals surface area contributed by atoms with Crippen LogP contribution in [0.2, 0.25) is 0 Å². The normalized spacial score (nSPS) is 11.5. The van der Waals surface area contributed by atoms with Crippen molar-refractivity contribution in [3.63, 3.8) is 0 Å². The van der Waals surface area contributed by atoms with Crippen LogP contribution in [0.5, 0.6) is 0 Å². The van der Waals surface area contributed by atoms with Crippen molar-refractivity contribution in [2.75, 3.05) is 6.54 Å². The first-order valence-electron chi connectivity index (χ1n) is 9.91. The van der Waals surface area contributed by atoms with E-state index in [0.29, 0.717) is 18.5 Å². The van der Waals surface area contributed by atoms with Gasteiger partial charge in [-0.1, -0.05) is 45.1 Å². The maximum Gasteiger partial charge on any atom is 0.326 e. The Bertz CT molecular complexity index is 533. The first-order chi connectivity index (χ1) is 13.2. The van der Waals surface area contributed by atoms with Gasteiger partial charge in [-0.2, -0.15) is 0 Å². The van der Waals surface area contributed by atoms with Gasteiger partial charge in [0.1, 0.15) is 6.04 Å². The number of unbranched alkanes of at least 4 members (excludes halogenated alkanes) is 7. The number of rotatable bonds is 17. The molecule has 0 saturated carbocycles. The van der Waals surface area contributed by atoms with Gasteiger partial charge in [-0.05, 0) is 26.2 Å². The number of aliphatic carboxylic acids is 2. The molecule has 28 heavy (non-hydrogen) atoms. The number of carboxylic acid groups (broad SMARTS) is 2. The second-order valence-corrected chi connectivity index (χ2v) is 7.01. The van der Waals surface area contributed by atoms with Crippen LogP contribution in [0.1, 0.15) is 77.6 Å². The summed E-state index contributed by atoms with van der Waals surface area (Å²) >= 11 is 0. The Labute approximate surface area is 166 Å². The van der Waals surface area contributed by atoms with Crippen molar-refractivity contribution in [3.8, 4) is 0 Å². The summed E-state index contributed by atoms with van der Waals surface area (Å²) in [5.41, 5.74) is 0.521. The van der Waals surface area contributed by atoms with E-state index in [2.05, 4.69) is 17.2 Å².